The molecule has 9 nitrogen and oxygen atoms in total. The van der Waals surface area contributed by atoms with Gasteiger partial charge < -0.3 is 19.6 Å². The third-order valence-electron chi connectivity index (χ3n) is 10.6. The number of ether oxygens (including phenoxy) is 1. The number of phenols is 1. The van der Waals surface area contributed by atoms with Crippen LogP contribution in [0.2, 0.25) is 0 Å². The smallest absolute Gasteiger partial charge is 0.471 e. The van der Waals surface area contributed by atoms with Gasteiger partial charge in [0.15, 0.2) is 5.82 Å². The lowest BCUT2D eigenvalue weighted by atomic mass is 9.92. The first-order valence-corrected chi connectivity index (χ1v) is 16.4. The summed E-state index contributed by atoms with van der Waals surface area (Å²) in [6.07, 6.45) is 3.36. The maximum atomic E-state index is 16.9. The van der Waals surface area contributed by atoms with E-state index in [1.165, 1.54) is 18.3 Å². The SMILES string of the molecule is C#Cc1cccc2cc(O)cc(-c3ncc4c(N5CC6CCC(C5)N6C(=O)C(F)(F)F)nc(OC(=C)[C@@]56CCCN5C[C@H](F)C6)nc4c3F)c12. The number of benzene rings is 2. The molecule has 4 aliphatic heterocycles. The summed E-state index contributed by atoms with van der Waals surface area (Å²) in [7, 11) is 0. The zero-order chi connectivity index (χ0) is 35.1. The van der Waals surface area contributed by atoms with Crippen molar-refractivity contribution in [1.82, 2.24) is 24.8 Å². The summed E-state index contributed by atoms with van der Waals surface area (Å²) in [5, 5.41) is 11.8. The van der Waals surface area contributed by atoms with E-state index in [1.54, 1.807) is 23.1 Å². The van der Waals surface area contributed by atoms with Crippen LogP contribution in [0.5, 0.6) is 11.8 Å². The summed E-state index contributed by atoms with van der Waals surface area (Å²) in [5.74, 6) is 0.0704. The van der Waals surface area contributed by atoms with Crippen molar-refractivity contribution < 1.29 is 36.6 Å². The Kier molecular flexibility index (Phi) is 7.41. The first kappa shape index (κ1) is 32.2. The molecule has 4 aromatic rings. The highest BCUT2D eigenvalue weighted by molar-refractivity contribution is 6.03. The number of amides is 1. The van der Waals surface area contributed by atoms with Gasteiger partial charge in [0.2, 0.25) is 0 Å². The fraction of sp³-hybridized carbons (Fsp3) is 0.389. The molecule has 14 heteroatoms. The Hall–Kier alpha value is -5.03. The number of carbonyl (C=O) groups excluding carboxylic acids is 1. The van der Waals surface area contributed by atoms with Crippen molar-refractivity contribution in [3.63, 3.8) is 0 Å². The largest absolute Gasteiger partial charge is 0.508 e. The van der Waals surface area contributed by atoms with Gasteiger partial charge >= 0.3 is 18.1 Å². The third-order valence-corrected chi connectivity index (χ3v) is 10.6. The molecule has 4 fully saturated rings. The Labute approximate surface area is 283 Å². The molecule has 2 bridgehead atoms. The molecule has 8 rings (SSSR count). The van der Waals surface area contributed by atoms with E-state index < -0.39 is 41.7 Å². The van der Waals surface area contributed by atoms with E-state index in [1.807, 2.05) is 4.90 Å². The monoisotopic (exact) mass is 690 g/mol. The van der Waals surface area contributed by atoms with Gasteiger partial charge in [-0.2, -0.15) is 23.1 Å². The number of phenolic OH excluding ortho intramolecular Hbond substituents is 1. The summed E-state index contributed by atoms with van der Waals surface area (Å²) in [6, 6.07) is 6.22. The molecule has 0 aliphatic carbocycles. The Bertz CT molecular complexity index is 2120. The van der Waals surface area contributed by atoms with Crippen LogP contribution in [0.15, 0.2) is 48.9 Å². The number of alkyl halides is 4. The molecular weight excluding hydrogens is 659 g/mol. The number of hydrogen-bond acceptors (Lipinski definition) is 8. The molecule has 4 aliphatic rings. The van der Waals surface area contributed by atoms with Crippen LogP contribution in [0.3, 0.4) is 0 Å². The molecule has 4 atom stereocenters. The zero-order valence-electron chi connectivity index (χ0n) is 26.7. The van der Waals surface area contributed by atoms with E-state index in [2.05, 4.69) is 27.5 Å². The average Bonchev–Trinajstić information content (AvgIpc) is 3.70. The van der Waals surface area contributed by atoms with Gasteiger partial charge in [-0.05, 0) is 55.8 Å². The minimum atomic E-state index is -5.02. The minimum Gasteiger partial charge on any atom is -0.508 e. The molecule has 50 heavy (non-hydrogen) atoms. The van der Waals surface area contributed by atoms with Gasteiger partial charge in [0.1, 0.15) is 34.7 Å². The van der Waals surface area contributed by atoms with Crippen molar-refractivity contribution in [2.75, 3.05) is 31.1 Å². The molecule has 1 amide bonds. The van der Waals surface area contributed by atoms with Crippen LogP contribution in [0, 0.1) is 18.2 Å². The van der Waals surface area contributed by atoms with Crippen LogP contribution in [0.1, 0.15) is 37.7 Å². The number of nitrogens with zero attached hydrogens (tertiary/aromatic N) is 6. The van der Waals surface area contributed by atoms with Gasteiger partial charge in [-0.15, -0.1) is 6.42 Å². The number of halogens is 5. The molecule has 6 heterocycles. The van der Waals surface area contributed by atoms with Gasteiger partial charge in [-0.25, -0.2) is 8.78 Å². The highest BCUT2D eigenvalue weighted by Crippen LogP contribution is 2.46. The summed E-state index contributed by atoms with van der Waals surface area (Å²) in [4.78, 5) is 30.5. The first-order chi connectivity index (χ1) is 23.9. The van der Waals surface area contributed by atoms with Gasteiger partial charge in [-0.3, -0.25) is 14.7 Å². The third kappa shape index (κ3) is 5.01. The van der Waals surface area contributed by atoms with Crippen LogP contribution in [0.4, 0.5) is 27.8 Å². The quantitative estimate of drug-likeness (QED) is 0.158. The summed E-state index contributed by atoms with van der Waals surface area (Å²) < 4.78 is 78.2. The highest BCUT2D eigenvalue weighted by Gasteiger charge is 2.53. The van der Waals surface area contributed by atoms with Crippen molar-refractivity contribution in [2.45, 2.75) is 62.1 Å². The maximum Gasteiger partial charge on any atom is 0.471 e. The molecular formula is C36H31F5N6O3. The van der Waals surface area contributed by atoms with Crippen molar-refractivity contribution in [3.8, 4) is 35.4 Å². The topological polar surface area (TPSA) is 94.9 Å². The van der Waals surface area contributed by atoms with Crippen LogP contribution in [-0.4, -0.2) is 91.9 Å². The van der Waals surface area contributed by atoms with Gasteiger partial charge in [0.25, 0.3) is 0 Å². The molecule has 2 unspecified atom stereocenters. The number of rotatable bonds is 5. The highest BCUT2D eigenvalue weighted by atomic mass is 19.4. The molecule has 0 saturated carbocycles. The molecule has 4 saturated heterocycles. The van der Waals surface area contributed by atoms with Crippen molar-refractivity contribution in [2.24, 2.45) is 0 Å². The number of piperazine rings is 1. The van der Waals surface area contributed by atoms with Crippen LogP contribution < -0.4 is 9.64 Å². The molecule has 258 valence electrons. The molecule has 1 N–H and O–H groups in total. The number of carbonyl (C=O) groups is 1. The van der Waals surface area contributed by atoms with E-state index >= 15 is 4.39 Å². The summed E-state index contributed by atoms with van der Waals surface area (Å²) in [5.41, 5.74) is -0.471. The molecule has 2 aromatic carbocycles. The number of aromatic nitrogens is 3. The zero-order valence-corrected chi connectivity index (χ0v) is 26.7. The second kappa shape index (κ2) is 11.5. The van der Waals surface area contributed by atoms with Crippen LogP contribution >= 0.6 is 0 Å². The van der Waals surface area contributed by atoms with Crippen molar-refractivity contribution in [1.29, 1.82) is 0 Å². The average molecular weight is 691 g/mol. The number of terminal acetylenes is 1. The number of hydrogen-bond donors (Lipinski definition) is 1. The lowest BCUT2D eigenvalue weighted by Gasteiger charge is -2.42. The Morgan fingerprint density at radius 3 is 2.62 bits per heavy atom. The summed E-state index contributed by atoms with van der Waals surface area (Å²) in [6.45, 7) is 5.03. The Morgan fingerprint density at radius 1 is 1.14 bits per heavy atom. The number of pyridine rings is 1. The molecule has 0 spiro atoms. The second-order valence-electron chi connectivity index (χ2n) is 13.5. The standard InChI is InChI=1S/C36H31F5N6O3/c1-3-20-6-4-7-21-12-25(48)13-26(28(20)21)30-29(38)31-27(15-42-30)32(45-17-23-8-9-24(18-45)47(23)33(49)36(39,40)41)44-34(43-31)50-19(2)35-10-5-11-46(35)16-22(37)14-35/h1,4,6-7,12-13,15,22-24,48H,2,5,8-11,14,16-18H2/t22-,23?,24?,35+/m1/s1. The molecule has 0 radical (unpaired) electrons. The van der Waals surface area contributed by atoms with E-state index in [-0.39, 0.29) is 71.6 Å². The predicted molar refractivity (Wildman–Crippen MR) is 175 cm³/mol. The van der Waals surface area contributed by atoms with Crippen LogP contribution in [0.25, 0.3) is 32.9 Å². The number of anilines is 1. The first-order valence-electron chi connectivity index (χ1n) is 16.4. The van der Waals surface area contributed by atoms with Gasteiger partial charge in [0, 0.05) is 48.8 Å². The van der Waals surface area contributed by atoms with E-state index in [4.69, 9.17) is 11.2 Å². The Morgan fingerprint density at radius 2 is 1.90 bits per heavy atom. The van der Waals surface area contributed by atoms with E-state index in [0.717, 1.165) is 11.3 Å². The fourth-order valence-corrected chi connectivity index (χ4v) is 8.51. The van der Waals surface area contributed by atoms with E-state index in [9.17, 15) is 27.5 Å². The van der Waals surface area contributed by atoms with Gasteiger partial charge in [-0.1, -0.05) is 24.6 Å². The second-order valence-corrected chi connectivity index (χ2v) is 13.5. The van der Waals surface area contributed by atoms with E-state index in [0.29, 0.717) is 42.1 Å². The maximum absolute atomic E-state index is 16.9. The number of aromatic hydroxyl groups is 1. The lowest BCUT2D eigenvalue weighted by Crippen LogP contribution is -2.59. The normalized spacial score (nSPS) is 24.9. The van der Waals surface area contributed by atoms with Crippen molar-refractivity contribution >= 4 is 33.4 Å². The molecule has 2 aromatic heterocycles. The van der Waals surface area contributed by atoms with Gasteiger partial charge in [0.05, 0.1) is 23.0 Å². The number of fused-ring (bicyclic) bond motifs is 5. The van der Waals surface area contributed by atoms with Crippen LogP contribution in [-0.2, 0) is 4.79 Å². The predicted octanol–water partition coefficient (Wildman–Crippen LogP) is 5.88. The fourth-order valence-electron chi connectivity index (χ4n) is 8.51. The summed E-state index contributed by atoms with van der Waals surface area (Å²) >= 11 is 0. The minimum absolute atomic E-state index is 0.00182. The Balaban J connectivity index is 1.26. The lowest BCUT2D eigenvalue weighted by molar-refractivity contribution is -0.188. The van der Waals surface area contributed by atoms with Crippen molar-refractivity contribution in [3.05, 3.63) is 60.2 Å².